The van der Waals surface area contributed by atoms with E-state index in [1.807, 2.05) is 19.1 Å². The molecule has 1 amide bonds. The summed E-state index contributed by atoms with van der Waals surface area (Å²) < 4.78 is 37.7. The average molecular weight is 272 g/mol. The fourth-order valence-electron chi connectivity index (χ4n) is 2.29. The molecule has 1 aromatic rings. The van der Waals surface area contributed by atoms with Gasteiger partial charge in [0.05, 0.1) is 6.04 Å². The number of hydrogen-bond donors (Lipinski definition) is 1. The minimum absolute atomic E-state index is 0.523. The molecule has 6 heteroatoms. The van der Waals surface area contributed by atoms with Crippen LogP contribution in [-0.2, 0) is 4.79 Å². The van der Waals surface area contributed by atoms with Crippen LogP contribution in [0.2, 0.25) is 0 Å². The van der Waals surface area contributed by atoms with E-state index in [1.165, 1.54) is 0 Å². The molecule has 0 radical (unpaired) electrons. The molecular weight excluding hydrogens is 257 g/mol. The molecule has 1 saturated heterocycles. The van der Waals surface area contributed by atoms with E-state index in [0.29, 0.717) is 5.56 Å². The van der Waals surface area contributed by atoms with Crippen molar-refractivity contribution in [2.75, 3.05) is 6.54 Å². The zero-order chi connectivity index (χ0) is 14.2. The minimum atomic E-state index is -4.40. The lowest BCUT2D eigenvalue weighted by molar-refractivity contribution is -0.161. The molecule has 0 bridgehead atoms. The first kappa shape index (κ1) is 13.9. The summed E-state index contributed by atoms with van der Waals surface area (Å²) in [6, 6.07) is 6.51. The second kappa shape index (κ2) is 4.85. The molecule has 104 valence electrons. The highest BCUT2D eigenvalue weighted by Crippen LogP contribution is 2.30. The van der Waals surface area contributed by atoms with Gasteiger partial charge in [-0.1, -0.05) is 24.3 Å². The zero-order valence-corrected chi connectivity index (χ0v) is 10.7. The lowest BCUT2D eigenvalue weighted by atomic mass is 10.1. The number of nitrogens with one attached hydrogen (secondary N) is 1. The van der Waals surface area contributed by atoms with E-state index in [9.17, 15) is 18.0 Å². The Bertz CT molecular complexity index is 487. The molecule has 0 aliphatic carbocycles. The van der Waals surface area contributed by atoms with Crippen LogP contribution in [0.4, 0.5) is 13.2 Å². The molecule has 3 nitrogen and oxygen atoms in total. The Hall–Kier alpha value is -1.56. The summed E-state index contributed by atoms with van der Waals surface area (Å²) in [5.74, 6) is -0.523. The van der Waals surface area contributed by atoms with Crippen LogP contribution >= 0.6 is 0 Å². The SMILES string of the molecule is Cc1ccccc1C1NC(C)C(=O)N1CC(F)(F)F. The first-order valence-corrected chi connectivity index (χ1v) is 5.98. The van der Waals surface area contributed by atoms with Gasteiger partial charge in [-0.15, -0.1) is 0 Å². The maximum absolute atomic E-state index is 12.6. The monoisotopic (exact) mass is 272 g/mol. The van der Waals surface area contributed by atoms with E-state index < -0.39 is 30.8 Å². The second-order valence-electron chi connectivity index (χ2n) is 4.73. The Labute approximate surface area is 109 Å². The van der Waals surface area contributed by atoms with Gasteiger partial charge in [0, 0.05) is 0 Å². The molecule has 0 aromatic heterocycles. The lowest BCUT2D eigenvalue weighted by Crippen LogP contribution is -2.38. The Kier molecular flexibility index (Phi) is 3.54. The summed E-state index contributed by atoms with van der Waals surface area (Å²) in [4.78, 5) is 12.7. The largest absolute Gasteiger partial charge is 0.406 e. The van der Waals surface area contributed by atoms with Crippen molar-refractivity contribution in [2.45, 2.75) is 32.2 Å². The third-order valence-electron chi connectivity index (χ3n) is 3.21. The van der Waals surface area contributed by atoms with Crippen LogP contribution in [-0.4, -0.2) is 29.6 Å². The zero-order valence-electron chi connectivity index (χ0n) is 10.7. The molecule has 1 aromatic carbocycles. The molecule has 19 heavy (non-hydrogen) atoms. The molecule has 1 aliphatic rings. The number of carbonyl (C=O) groups is 1. The van der Waals surface area contributed by atoms with Crippen LogP contribution in [0.15, 0.2) is 24.3 Å². The topological polar surface area (TPSA) is 32.3 Å². The minimum Gasteiger partial charge on any atom is -0.312 e. The number of benzene rings is 1. The van der Waals surface area contributed by atoms with Crippen LogP contribution in [0.25, 0.3) is 0 Å². The first-order valence-electron chi connectivity index (χ1n) is 5.98. The summed E-state index contributed by atoms with van der Waals surface area (Å²) in [7, 11) is 0. The quantitative estimate of drug-likeness (QED) is 0.896. The molecular formula is C13H15F3N2O. The summed E-state index contributed by atoms with van der Waals surface area (Å²) in [6.45, 7) is 2.16. The number of halogens is 3. The predicted octanol–water partition coefficient (Wildman–Crippen LogP) is 2.38. The van der Waals surface area contributed by atoms with Crippen molar-refractivity contribution in [3.8, 4) is 0 Å². The Morgan fingerprint density at radius 3 is 2.53 bits per heavy atom. The maximum atomic E-state index is 12.6. The van der Waals surface area contributed by atoms with E-state index in [-0.39, 0.29) is 0 Å². The van der Waals surface area contributed by atoms with Gasteiger partial charge in [0.2, 0.25) is 5.91 Å². The van der Waals surface area contributed by atoms with Crippen LogP contribution in [0.1, 0.15) is 24.2 Å². The Morgan fingerprint density at radius 2 is 1.95 bits per heavy atom. The van der Waals surface area contributed by atoms with Crippen molar-refractivity contribution < 1.29 is 18.0 Å². The van der Waals surface area contributed by atoms with Crippen molar-refractivity contribution >= 4 is 5.91 Å². The van der Waals surface area contributed by atoms with Crippen molar-refractivity contribution in [1.82, 2.24) is 10.2 Å². The summed E-state index contributed by atoms with van der Waals surface area (Å²) in [5, 5.41) is 2.91. The Balaban J connectivity index is 2.33. The maximum Gasteiger partial charge on any atom is 0.406 e. The van der Waals surface area contributed by atoms with E-state index >= 15 is 0 Å². The normalized spacial score (nSPS) is 24.1. The predicted molar refractivity (Wildman–Crippen MR) is 64.3 cm³/mol. The molecule has 2 atom stereocenters. The number of alkyl halides is 3. The van der Waals surface area contributed by atoms with Crippen molar-refractivity contribution in [2.24, 2.45) is 0 Å². The van der Waals surface area contributed by atoms with Gasteiger partial charge in [0.15, 0.2) is 0 Å². The van der Waals surface area contributed by atoms with E-state index in [0.717, 1.165) is 10.5 Å². The van der Waals surface area contributed by atoms with Crippen molar-refractivity contribution in [3.05, 3.63) is 35.4 Å². The smallest absolute Gasteiger partial charge is 0.312 e. The fourth-order valence-corrected chi connectivity index (χ4v) is 2.29. The van der Waals surface area contributed by atoms with Crippen LogP contribution in [0.3, 0.4) is 0 Å². The van der Waals surface area contributed by atoms with Gasteiger partial charge < -0.3 is 4.90 Å². The summed E-state index contributed by atoms with van der Waals surface area (Å²) in [6.07, 6.45) is -5.12. The molecule has 1 heterocycles. The fraction of sp³-hybridized carbons (Fsp3) is 0.462. The van der Waals surface area contributed by atoms with Gasteiger partial charge in [-0.2, -0.15) is 13.2 Å². The van der Waals surface area contributed by atoms with Gasteiger partial charge in [0.25, 0.3) is 0 Å². The number of nitrogens with zero attached hydrogens (tertiary/aromatic N) is 1. The van der Waals surface area contributed by atoms with Crippen molar-refractivity contribution in [1.29, 1.82) is 0 Å². The van der Waals surface area contributed by atoms with Gasteiger partial charge in [-0.3, -0.25) is 10.1 Å². The molecule has 1 N–H and O–H groups in total. The molecule has 2 rings (SSSR count). The lowest BCUT2D eigenvalue weighted by Gasteiger charge is -2.26. The summed E-state index contributed by atoms with van der Waals surface area (Å²) in [5.41, 5.74) is 1.55. The highest BCUT2D eigenvalue weighted by Gasteiger charge is 2.43. The van der Waals surface area contributed by atoms with E-state index in [2.05, 4.69) is 5.32 Å². The number of carbonyl (C=O) groups excluding carboxylic acids is 1. The standard InChI is InChI=1S/C13H15F3N2O/c1-8-5-3-4-6-10(8)11-17-9(2)12(19)18(11)7-13(14,15)16/h3-6,9,11,17H,7H2,1-2H3. The second-order valence-corrected chi connectivity index (χ2v) is 4.73. The molecule has 1 fully saturated rings. The molecule has 0 saturated carbocycles. The highest BCUT2D eigenvalue weighted by atomic mass is 19.4. The number of amides is 1. The van der Waals surface area contributed by atoms with Gasteiger partial charge in [-0.25, -0.2) is 0 Å². The van der Waals surface area contributed by atoms with E-state index in [1.54, 1.807) is 19.1 Å². The third-order valence-corrected chi connectivity index (χ3v) is 3.21. The van der Waals surface area contributed by atoms with Gasteiger partial charge >= 0.3 is 6.18 Å². The van der Waals surface area contributed by atoms with Crippen LogP contribution in [0, 0.1) is 6.92 Å². The number of rotatable bonds is 2. The summed E-state index contributed by atoms with van der Waals surface area (Å²) >= 11 is 0. The number of aryl methyl sites for hydroxylation is 1. The van der Waals surface area contributed by atoms with Crippen LogP contribution < -0.4 is 5.32 Å². The molecule has 2 unspecified atom stereocenters. The molecule has 1 aliphatic heterocycles. The molecule has 0 spiro atoms. The average Bonchev–Trinajstić information content (AvgIpc) is 2.56. The van der Waals surface area contributed by atoms with Gasteiger partial charge in [0.1, 0.15) is 12.7 Å². The van der Waals surface area contributed by atoms with Crippen molar-refractivity contribution in [3.63, 3.8) is 0 Å². The van der Waals surface area contributed by atoms with E-state index in [4.69, 9.17) is 0 Å². The third kappa shape index (κ3) is 2.89. The first-order chi connectivity index (χ1) is 8.79. The van der Waals surface area contributed by atoms with Gasteiger partial charge in [-0.05, 0) is 25.0 Å². The highest BCUT2D eigenvalue weighted by molar-refractivity contribution is 5.84. The van der Waals surface area contributed by atoms with Crippen LogP contribution in [0.5, 0.6) is 0 Å². The number of hydrogen-bond acceptors (Lipinski definition) is 2. The Morgan fingerprint density at radius 1 is 1.32 bits per heavy atom.